The Morgan fingerprint density at radius 3 is 2.75 bits per heavy atom. The van der Waals surface area contributed by atoms with Gasteiger partial charge >= 0.3 is 0 Å². The summed E-state index contributed by atoms with van der Waals surface area (Å²) in [7, 11) is 0. The Morgan fingerprint density at radius 1 is 1.56 bits per heavy atom. The smallest absolute Gasteiger partial charge is 0.220 e. The van der Waals surface area contributed by atoms with Crippen molar-refractivity contribution in [2.75, 3.05) is 6.61 Å². The van der Waals surface area contributed by atoms with Crippen molar-refractivity contribution in [1.82, 2.24) is 10.5 Å². The van der Waals surface area contributed by atoms with Crippen molar-refractivity contribution in [2.24, 2.45) is 0 Å². The molecule has 1 rings (SSSR count). The van der Waals surface area contributed by atoms with E-state index in [-0.39, 0.29) is 18.6 Å². The molecule has 1 heterocycles. The van der Waals surface area contributed by atoms with Gasteiger partial charge in [-0.15, -0.1) is 0 Å². The van der Waals surface area contributed by atoms with Gasteiger partial charge in [-0.25, -0.2) is 0 Å². The number of rotatable bonds is 5. The van der Waals surface area contributed by atoms with Crippen LogP contribution in [0.1, 0.15) is 30.4 Å². The van der Waals surface area contributed by atoms with Gasteiger partial charge in [0.1, 0.15) is 5.76 Å². The summed E-state index contributed by atoms with van der Waals surface area (Å²) >= 11 is 0. The summed E-state index contributed by atoms with van der Waals surface area (Å²) in [5.41, 5.74) is 1.83. The molecule has 1 amide bonds. The first-order valence-corrected chi connectivity index (χ1v) is 5.36. The SMILES string of the molecule is Cc1noc(C)c1CCC(=O)N[C@H](C)CO. The summed E-state index contributed by atoms with van der Waals surface area (Å²) in [6.07, 6.45) is 0.998. The Bertz CT molecular complexity index is 341. The van der Waals surface area contributed by atoms with Gasteiger partial charge in [-0.2, -0.15) is 0 Å². The monoisotopic (exact) mass is 226 g/mol. The summed E-state index contributed by atoms with van der Waals surface area (Å²) in [6, 6.07) is -0.197. The number of hydrogen-bond acceptors (Lipinski definition) is 4. The van der Waals surface area contributed by atoms with Crippen LogP contribution in [0, 0.1) is 13.8 Å². The Labute approximate surface area is 94.8 Å². The summed E-state index contributed by atoms with van der Waals surface area (Å²) in [4.78, 5) is 11.5. The molecule has 0 aliphatic rings. The van der Waals surface area contributed by atoms with E-state index in [0.29, 0.717) is 12.8 Å². The third-order valence-corrected chi connectivity index (χ3v) is 2.46. The predicted molar refractivity (Wildman–Crippen MR) is 59.0 cm³/mol. The number of nitrogens with zero attached hydrogens (tertiary/aromatic N) is 1. The topological polar surface area (TPSA) is 75.4 Å². The Balaban J connectivity index is 2.43. The average Bonchev–Trinajstić information content (AvgIpc) is 2.56. The number of amides is 1. The highest BCUT2D eigenvalue weighted by atomic mass is 16.5. The highest BCUT2D eigenvalue weighted by molar-refractivity contribution is 5.76. The van der Waals surface area contributed by atoms with Gasteiger partial charge in [0.25, 0.3) is 0 Å². The molecule has 0 bridgehead atoms. The first kappa shape index (κ1) is 12.7. The van der Waals surface area contributed by atoms with Crippen LogP contribution in [0.4, 0.5) is 0 Å². The maximum atomic E-state index is 11.5. The van der Waals surface area contributed by atoms with Gasteiger partial charge in [0.2, 0.25) is 5.91 Å². The van der Waals surface area contributed by atoms with Gasteiger partial charge < -0.3 is 14.9 Å². The second-order valence-corrected chi connectivity index (χ2v) is 3.95. The lowest BCUT2D eigenvalue weighted by Gasteiger charge is -2.10. The van der Waals surface area contributed by atoms with E-state index in [1.807, 2.05) is 13.8 Å². The Morgan fingerprint density at radius 2 is 2.25 bits per heavy atom. The number of aromatic nitrogens is 1. The minimum absolute atomic E-state index is 0.0446. The molecule has 1 aromatic rings. The maximum Gasteiger partial charge on any atom is 0.220 e. The first-order chi connectivity index (χ1) is 7.54. The molecular weight excluding hydrogens is 208 g/mol. The predicted octanol–water partition coefficient (Wildman–Crippen LogP) is 0.721. The van der Waals surface area contributed by atoms with Gasteiger partial charge in [0.05, 0.1) is 12.3 Å². The minimum Gasteiger partial charge on any atom is -0.394 e. The highest BCUT2D eigenvalue weighted by Gasteiger charge is 2.12. The zero-order valence-corrected chi connectivity index (χ0v) is 9.91. The van der Waals surface area contributed by atoms with Gasteiger partial charge in [-0.1, -0.05) is 5.16 Å². The van der Waals surface area contributed by atoms with E-state index in [2.05, 4.69) is 10.5 Å². The molecule has 0 fully saturated rings. The van der Waals surface area contributed by atoms with Crippen molar-refractivity contribution in [2.45, 2.75) is 39.7 Å². The fraction of sp³-hybridized carbons (Fsp3) is 0.636. The molecule has 16 heavy (non-hydrogen) atoms. The lowest BCUT2D eigenvalue weighted by atomic mass is 10.1. The molecule has 5 nitrogen and oxygen atoms in total. The highest BCUT2D eigenvalue weighted by Crippen LogP contribution is 2.14. The van der Waals surface area contributed by atoms with Crippen molar-refractivity contribution in [3.63, 3.8) is 0 Å². The number of aliphatic hydroxyl groups excluding tert-OH is 1. The van der Waals surface area contributed by atoms with Gasteiger partial charge in [-0.05, 0) is 27.2 Å². The molecule has 0 aliphatic carbocycles. The molecule has 0 aliphatic heterocycles. The van der Waals surface area contributed by atoms with Crippen LogP contribution < -0.4 is 5.32 Å². The van der Waals surface area contributed by atoms with Crippen LogP contribution in [0.15, 0.2) is 4.52 Å². The average molecular weight is 226 g/mol. The maximum absolute atomic E-state index is 11.5. The molecule has 1 atom stereocenters. The number of carbonyl (C=O) groups excluding carboxylic acids is 1. The number of carbonyl (C=O) groups is 1. The summed E-state index contributed by atoms with van der Waals surface area (Å²) in [5, 5.41) is 15.3. The Hall–Kier alpha value is -1.36. The third kappa shape index (κ3) is 3.34. The van der Waals surface area contributed by atoms with E-state index >= 15 is 0 Å². The van der Waals surface area contributed by atoms with Crippen LogP contribution >= 0.6 is 0 Å². The molecule has 0 saturated carbocycles. The van der Waals surface area contributed by atoms with Crippen LogP contribution in [0.5, 0.6) is 0 Å². The molecule has 0 unspecified atom stereocenters. The van der Waals surface area contributed by atoms with Crippen LogP contribution in [-0.4, -0.2) is 28.8 Å². The molecule has 0 aromatic carbocycles. The lowest BCUT2D eigenvalue weighted by molar-refractivity contribution is -0.121. The van der Waals surface area contributed by atoms with E-state index in [1.54, 1.807) is 6.92 Å². The molecule has 5 heteroatoms. The van der Waals surface area contributed by atoms with Crippen molar-refractivity contribution >= 4 is 5.91 Å². The standard InChI is InChI=1S/C11H18N2O3/c1-7(6-14)12-11(15)5-4-10-8(2)13-16-9(10)3/h7,14H,4-6H2,1-3H3,(H,12,15)/t7-/m1/s1. The third-order valence-electron chi connectivity index (χ3n) is 2.46. The minimum atomic E-state index is -0.197. The van der Waals surface area contributed by atoms with Gasteiger partial charge in [0, 0.05) is 18.0 Å². The molecule has 90 valence electrons. The lowest BCUT2D eigenvalue weighted by Crippen LogP contribution is -2.35. The second-order valence-electron chi connectivity index (χ2n) is 3.95. The van der Waals surface area contributed by atoms with E-state index in [4.69, 9.17) is 9.63 Å². The molecule has 1 aromatic heterocycles. The summed E-state index contributed by atoms with van der Waals surface area (Å²) in [6.45, 7) is 5.41. The van der Waals surface area contributed by atoms with Crippen LogP contribution in [0.25, 0.3) is 0 Å². The number of hydrogen-bond donors (Lipinski definition) is 2. The van der Waals surface area contributed by atoms with Gasteiger partial charge in [0.15, 0.2) is 0 Å². The molecular formula is C11H18N2O3. The van der Waals surface area contributed by atoms with E-state index < -0.39 is 0 Å². The second kappa shape index (κ2) is 5.65. The normalized spacial score (nSPS) is 12.5. The van der Waals surface area contributed by atoms with E-state index in [1.165, 1.54) is 0 Å². The van der Waals surface area contributed by atoms with Crippen molar-refractivity contribution < 1.29 is 14.4 Å². The molecule has 0 spiro atoms. The van der Waals surface area contributed by atoms with Crippen molar-refractivity contribution in [1.29, 1.82) is 0 Å². The summed E-state index contributed by atoms with van der Waals surface area (Å²) in [5.74, 6) is 0.696. The van der Waals surface area contributed by atoms with Crippen molar-refractivity contribution in [3.05, 3.63) is 17.0 Å². The number of aliphatic hydroxyl groups is 1. The van der Waals surface area contributed by atoms with Crippen molar-refractivity contribution in [3.8, 4) is 0 Å². The zero-order chi connectivity index (χ0) is 12.1. The largest absolute Gasteiger partial charge is 0.394 e. The summed E-state index contributed by atoms with van der Waals surface area (Å²) < 4.78 is 5.01. The zero-order valence-electron chi connectivity index (χ0n) is 9.91. The van der Waals surface area contributed by atoms with E-state index in [9.17, 15) is 4.79 Å². The molecule has 0 radical (unpaired) electrons. The fourth-order valence-electron chi connectivity index (χ4n) is 1.49. The van der Waals surface area contributed by atoms with Gasteiger partial charge in [-0.3, -0.25) is 4.79 Å². The van der Waals surface area contributed by atoms with E-state index in [0.717, 1.165) is 17.0 Å². The van der Waals surface area contributed by atoms with Crippen LogP contribution in [-0.2, 0) is 11.2 Å². The first-order valence-electron chi connectivity index (χ1n) is 5.36. The number of aryl methyl sites for hydroxylation is 2. The molecule has 2 N–H and O–H groups in total. The van der Waals surface area contributed by atoms with Crippen LogP contribution in [0.3, 0.4) is 0 Å². The number of nitrogens with one attached hydrogen (secondary N) is 1. The fourth-order valence-corrected chi connectivity index (χ4v) is 1.49. The quantitative estimate of drug-likeness (QED) is 0.775. The molecule has 0 saturated heterocycles. The van der Waals surface area contributed by atoms with Crippen LogP contribution in [0.2, 0.25) is 0 Å². The Kier molecular flexibility index (Phi) is 4.49.